The van der Waals surface area contributed by atoms with Crippen LogP contribution in [0, 0.1) is 10.1 Å². The van der Waals surface area contributed by atoms with Gasteiger partial charge in [0, 0.05) is 10.7 Å². The van der Waals surface area contributed by atoms with E-state index in [4.69, 9.17) is 5.73 Å². The number of thioether (sulfide) groups is 1. The van der Waals surface area contributed by atoms with Crippen molar-refractivity contribution >= 4 is 17.6 Å². The second kappa shape index (κ2) is 9.21. The summed E-state index contributed by atoms with van der Waals surface area (Å²) in [5.74, 6) is -1.39. The molecule has 31 heavy (non-hydrogen) atoms. The van der Waals surface area contributed by atoms with Gasteiger partial charge in [-0.25, -0.2) is 4.98 Å². The molecule has 11 heteroatoms. The summed E-state index contributed by atoms with van der Waals surface area (Å²) in [5, 5.41) is 11.4. The fourth-order valence-corrected chi connectivity index (χ4v) is 3.99. The summed E-state index contributed by atoms with van der Waals surface area (Å²) in [7, 11) is 0. The highest BCUT2D eigenvalue weighted by Gasteiger charge is 2.38. The molecule has 0 aliphatic heterocycles. The number of H-pyrrole nitrogens is 1. The second-order valence-corrected chi connectivity index (χ2v) is 7.56. The Bertz CT molecular complexity index is 1140. The third-order valence-corrected chi connectivity index (χ3v) is 5.45. The third-order valence-electron chi connectivity index (χ3n) is 4.50. The Morgan fingerprint density at radius 1 is 1.13 bits per heavy atom. The van der Waals surface area contributed by atoms with E-state index in [0.29, 0.717) is 5.75 Å². The van der Waals surface area contributed by atoms with Crippen LogP contribution in [-0.4, -0.2) is 21.4 Å². The third kappa shape index (κ3) is 5.43. The monoisotopic (exact) mass is 450 g/mol. The lowest BCUT2D eigenvalue weighted by molar-refractivity contribution is -0.481. The number of nitrogens with one attached hydrogen (secondary N) is 1. The van der Waals surface area contributed by atoms with Crippen molar-refractivity contribution in [3.8, 4) is 0 Å². The number of nitrogen functional groups attached to an aromatic ring is 1. The number of halogens is 3. The van der Waals surface area contributed by atoms with E-state index < -0.39 is 40.2 Å². The smallest absolute Gasteiger partial charge is 0.383 e. The van der Waals surface area contributed by atoms with Crippen LogP contribution in [0.5, 0.6) is 0 Å². The van der Waals surface area contributed by atoms with Crippen molar-refractivity contribution in [3.63, 3.8) is 0 Å². The lowest BCUT2D eigenvalue weighted by Gasteiger charge is -2.19. The van der Waals surface area contributed by atoms with E-state index in [0.717, 1.165) is 17.7 Å². The molecule has 2 aromatic carbocycles. The number of aromatic nitrogens is 2. The highest BCUT2D eigenvalue weighted by atomic mass is 32.2. The van der Waals surface area contributed by atoms with Crippen LogP contribution < -0.4 is 11.3 Å². The number of nitrogens with zero attached hydrogens (tertiary/aromatic N) is 2. The van der Waals surface area contributed by atoms with E-state index in [1.165, 1.54) is 23.9 Å². The number of hydrogen-bond acceptors (Lipinski definition) is 6. The van der Waals surface area contributed by atoms with Crippen LogP contribution in [0.1, 0.15) is 28.2 Å². The van der Waals surface area contributed by atoms with Gasteiger partial charge < -0.3 is 10.7 Å². The zero-order chi connectivity index (χ0) is 22.6. The standard InChI is InChI=1S/C20H17F3N4O3S/c21-20(22,23)15-9-5-4-8-13(15)14(10-27(29)30)16-17(24)25-19(26-18(16)28)31-11-12-6-2-1-3-7-12/h1-9,14H,10-11H2,(H3,24,25,26,28). The molecule has 0 saturated carbocycles. The topological polar surface area (TPSA) is 115 Å². The van der Waals surface area contributed by atoms with Crippen LogP contribution in [0.2, 0.25) is 0 Å². The van der Waals surface area contributed by atoms with Crippen molar-refractivity contribution in [2.75, 3.05) is 12.3 Å². The van der Waals surface area contributed by atoms with Gasteiger partial charge in [-0.3, -0.25) is 14.9 Å². The zero-order valence-electron chi connectivity index (χ0n) is 15.9. The number of nitrogens with two attached hydrogens (primary N) is 1. The summed E-state index contributed by atoms with van der Waals surface area (Å²) in [6, 6.07) is 13.7. The van der Waals surface area contributed by atoms with Crippen molar-refractivity contribution in [2.24, 2.45) is 0 Å². The molecule has 0 spiro atoms. The van der Waals surface area contributed by atoms with Gasteiger partial charge in [-0.15, -0.1) is 0 Å². The highest BCUT2D eigenvalue weighted by Crippen LogP contribution is 2.38. The largest absolute Gasteiger partial charge is 0.416 e. The van der Waals surface area contributed by atoms with E-state index in [1.807, 2.05) is 30.3 Å². The SMILES string of the molecule is Nc1nc(SCc2ccccc2)[nH]c(=O)c1C(C[N+](=O)[O-])c1ccccc1C(F)(F)F. The molecule has 3 aromatic rings. The molecule has 0 radical (unpaired) electrons. The molecule has 0 aliphatic rings. The molecule has 1 heterocycles. The molecule has 162 valence electrons. The van der Waals surface area contributed by atoms with Gasteiger partial charge in [0.05, 0.1) is 17.0 Å². The Morgan fingerprint density at radius 2 is 1.77 bits per heavy atom. The minimum atomic E-state index is -4.76. The first-order chi connectivity index (χ1) is 14.7. The fraction of sp³-hybridized carbons (Fsp3) is 0.200. The van der Waals surface area contributed by atoms with E-state index >= 15 is 0 Å². The predicted octanol–water partition coefficient (Wildman–Crippen LogP) is 4.07. The number of aromatic amines is 1. The average molecular weight is 450 g/mol. The van der Waals surface area contributed by atoms with Gasteiger partial charge in [0.25, 0.3) is 5.56 Å². The molecule has 0 amide bonds. The molecule has 7 nitrogen and oxygen atoms in total. The molecule has 3 N–H and O–H groups in total. The Balaban J connectivity index is 2.01. The predicted molar refractivity (Wildman–Crippen MR) is 110 cm³/mol. The van der Waals surface area contributed by atoms with E-state index in [9.17, 15) is 28.1 Å². The Kier molecular flexibility index (Phi) is 6.64. The summed E-state index contributed by atoms with van der Waals surface area (Å²) < 4.78 is 40.4. The number of rotatable bonds is 7. The van der Waals surface area contributed by atoms with Crippen LogP contribution in [-0.2, 0) is 11.9 Å². The van der Waals surface area contributed by atoms with E-state index in [1.54, 1.807) is 0 Å². The van der Waals surface area contributed by atoms with Gasteiger partial charge in [-0.1, -0.05) is 60.3 Å². The Hall–Kier alpha value is -3.34. The van der Waals surface area contributed by atoms with Gasteiger partial charge in [0.2, 0.25) is 6.54 Å². The average Bonchev–Trinajstić information content (AvgIpc) is 2.71. The lowest BCUT2D eigenvalue weighted by Crippen LogP contribution is -2.27. The quantitative estimate of drug-likeness (QED) is 0.243. The summed E-state index contributed by atoms with van der Waals surface area (Å²) in [6.07, 6.45) is -4.76. The van der Waals surface area contributed by atoms with Crippen molar-refractivity contribution in [3.05, 3.63) is 97.3 Å². The first kappa shape index (κ1) is 22.3. The first-order valence-corrected chi connectivity index (χ1v) is 9.99. The number of anilines is 1. The van der Waals surface area contributed by atoms with Crippen molar-refractivity contribution in [1.29, 1.82) is 0 Å². The second-order valence-electron chi connectivity index (χ2n) is 6.60. The van der Waals surface area contributed by atoms with Gasteiger partial charge in [0.1, 0.15) is 5.82 Å². The minimum Gasteiger partial charge on any atom is -0.383 e. The molecule has 0 fully saturated rings. The van der Waals surface area contributed by atoms with Gasteiger partial charge in [0.15, 0.2) is 5.16 Å². The van der Waals surface area contributed by atoms with Gasteiger partial charge >= 0.3 is 6.18 Å². The van der Waals surface area contributed by atoms with Gasteiger partial charge in [-0.05, 0) is 17.2 Å². The molecule has 1 unspecified atom stereocenters. The van der Waals surface area contributed by atoms with Crippen molar-refractivity contribution in [1.82, 2.24) is 9.97 Å². The van der Waals surface area contributed by atoms with Crippen molar-refractivity contribution < 1.29 is 18.1 Å². The Labute approximate surface area is 178 Å². The van der Waals surface area contributed by atoms with E-state index in [2.05, 4.69) is 9.97 Å². The molecule has 0 aliphatic carbocycles. The van der Waals surface area contributed by atoms with Crippen LogP contribution in [0.25, 0.3) is 0 Å². The molecule has 3 rings (SSSR count). The highest BCUT2D eigenvalue weighted by molar-refractivity contribution is 7.98. The molecule has 0 bridgehead atoms. The number of hydrogen-bond donors (Lipinski definition) is 2. The zero-order valence-corrected chi connectivity index (χ0v) is 16.7. The fourth-order valence-electron chi connectivity index (χ4n) is 3.16. The van der Waals surface area contributed by atoms with E-state index in [-0.39, 0.29) is 16.5 Å². The van der Waals surface area contributed by atoms with Crippen LogP contribution >= 0.6 is 11.8 Å². The maximum absolute atomic E-state index is 13.5. The summed E-state index contributed by atoms with van der Waals surface area (Å²) in [4.78, 5) is 29.7. The number of nitro groups is 1. The van der Waals surface area contributed by atoms with Gasteiger partial charge in [-0.2, -0.15) is 13.2 Å². The molecule has 1 atom stereocenters. The van der Waals surface area contributed by atoms with Crippen LogP contribution in [0.3, 0.4) is 0 Å². The number of benzene rings is 2. The van der Waals surface area contributed by atoms with Crippen molar-refractivity contribution in [2.45, 2.75) is 23.0 Å². The molecular formula is C20H17F3N4O3S. The maximum atomic E-state index is 13.5. The minimum absolute atomic E-state index is 0.166. The van der Waals surface area contributed by atoms with Crippen LogP contribution in [0.15, 0.2) is 64.5 Å². The maximum Gasteiger partial charge on any atom is 0.416 e. The summed E-state index contributed by atoms with van der Waals surface area (Å²) in [5.41, 5.74) is 4.23. The molecule has 1 aromatic heterocycles. The summed E-state index contributed by atoms with van der Waals surface area (Å²) in [6.45, 7) is -0.946. The molecular weight excluding hydrogens is 433 g/mol. The summed E-state index contributed by atoms with van der Waals surface area (Å²) >= 11 is 1.18. The normalized spacial score (nSPS) is 12.5. The first-order valence-electron chi connectivity index (χ1n) is 9.01. The molecule has 0 saturated heterocycles. The Morgan fingerprint density at radius 3 is 2.39 bits per heavy atom. The lowest BCUT2D eigenvalue weighted by atomic mass is 9.88. The number of alkyl halides is 3. The van der Waals surface area contributed by atoms with Crippen LogP contribution in [0.4, 0.5) is 19.0 Å².